The van der Waals surface area contributed by atoms with Crippen molar-refractivity contribution in [3.8, 4) is 6.07 Å². The van der Waals surface area contributed by atoms with E-state index in [0.29, 0.717) is 23.7 Å². The van der Waals surface area contributed by atoms with Gasteiger partial charge < -0.3 is 10.2 Å². The molecule has 0 atom stereocenters. The summed E-state index contributed by atoms with van der Waals surface area (Å²) in [6.07, 6.45) is 2.21. The molecule has 0 heterocycles. The smallest absolute Gasteiger partial charge is 0.129 e. The van der Waals surface area contributed by atoms with Gasteiger partial charge in [-0.05, 0) is 59.0 Å². The average molecular weight is 277 g/mol. The Hall–Kier alpha value is -1.44. The van der Waals surface area contributed by atoms with E-state index >= 15 is 0 Å². The van der Waals surface area contributed by atoms with Gasteiger partial charge in [-0.1, -0.05) is 6.07 Å². The third kappa shape index (κ3) is 5.68. The van der Waals surface area contributed by atoms with Crippen LogP contribution in [0, 0.1) is 17.1 Å². The minimum atomic E-state index is -0.309. The second-order valence-electron chi connectivity index (χ2n) is 5.38. The minimum Gasteiger partial charge on any atom is -0.313 e. The quantitative estimate of drug-likeness (QED) is 0.743. The first-order valence-corrected chi connectivity index (χ1v) is 7.14. The van der Waals surface area contributed by atoms with E-state index < -0.39 is 0 Å². The molecule has 110 valence electrons. The van der Waals surface area contributed by atoms with Gasteiger partial charge >= 0.3 is 0 Å². The molecule has 0 aliphatic carbocycles. The van der Waals surface area contributed by atoms with Crippen molar-refractivity contribution in [2.24, 2.45) is 0 Å². The number of nitriles is 1. The summed E-state index contributed by atoms with van der Waals surface area (Å²) in [7, 11) is 2.13. The molecule has 4 heteroatoms. The summed E-state index contributed by atoms with van der Waals surface area (Å²) in [5.41, 5.74) is 0.978. The summed E-state index contributed by atoms with van der Waals surface area (Å²) >= 11 is 0. The molecule has 1 N–H and O–H groups in total. The highest BCUT2D eigenvalue weighted by Gasteiger charge is 2.04. The predicted molar refractivity (Wildman–Crippen MR) is 79.8 cm³/mol. The molecule has 0 unspecified atom stereocenters. The molecule has 0 fully saturated rings. The Morgan fingerprint density at radius 3 is 2.70 bits per heavy atom. The number of rotatable bonds is 8. The number of nitrogens with one attached hydrogen (secondary N) is 1. The zero-order valence-corrected chi connectivity index (χ0v) is 12.6. The molecule has 0 aliphatic heterocycles. The molecule has 0 aliphatic rings. The van der Waals surface area contributed by atoms with Crippen LogP contribution in [0.2, 0.25) is 0 Å². The average Bonchev–Trinajstić information content (AvgIpc) is 2.43. The van der Waals surface area contributed by atoms with Crippen LogP contribution >= 0.6 is 0 Å². The Kier molecular flexibility index (Phi) is 7.21. The fraction of sp³-hybridized carbons (Fsp3) is 0.562. The van der Waals surface area contributed by atoms with Gasteiger partial charge in [-0.3, -0.25) is 0 Å². The Labute approximate surface area is 121 Å². The zero-order chi connectivity index (χ0) is 15.0. The first-order chi connectivity index (χ1) is 9.54. The molecule has 0 amide bonds. The molecular formula is C16H24FN3. The third-order valence-electron chi connectivity index (χ3n) is 3.49. The maximum absolute atomic E-state index is 13.6. The number of nitrogens with zero attached hydrogens (tertiary/aromatic N) is 2. The summed E-state index contributed by atoms with van der Waals surface area (Å²) in [5.74, 6) is -0.309. The van der Waals surface area contributed by atoms with Gasteiger partial charge in [0.25, 0.3) is 0 Å². The van der Waals surface area contributed by atoms with Crippen molar-refractivity contribution in [1.82, 2.24) is 10.2 Å². The maximum Gasteiger partial charge on any atom is 0.129 e. The van der Waals surface area contributed by atoms with Crippen LogP contribution in [-0.2, 0) is 6.54 Å². The summed E-state index contributed by atoms with van der Waals surface area (Å²) in [5, 5.41) is 11.9. The maximum atomic E-state index is 13.6. The Morgan fingerprint density at radius 1 is 1.35 bits per heavy atom. The van der Waals surface area contributed by atoms with E-state index in [-0.39, 0.29) is 5.82 Å². The molecule has 0 aromatic heterocycles. The van der Waals surface area contributed by atoms with E-state index in [0.717, 1.165) is 25.9 Å². The van der Waals surface area contributed by atoms with Crippen LogP contribution in [0.4, 0.5) is 4.39 Å². The first-order valence-electron chi connectivity index (χ1n) is 7.14. The van der Waals surface area contributed by atoms with Crippen LogP contribution in [0.25, 0.3) is 0 Å². The lowest BCUT2D eigenvalue weighted by atomic mass is 10.1. The van der Waals surface area contributed by atoms with Gasteiger partial charge in [-0.15, -0.1) is 0 Å². The molecular weight excluding hydrogens is 253 g/mol. The van der Waals surface area contributed by atoms with Gasteiger partial charge in [0.15, 0.2) is 0 Å². The summed E-state index contributed by atoms with van der Waals surface area (Å²) in [6.45, 7) is 6.85. The van der Waals surface area contributed by atoms with Crippen molar-refractivity contribution in [3.63, 3.8) is 0 Å². The number of benzene rings is 1. The van der Waals surface area contributed by atoms with Crippen molar-refractivity contribution in [1.29, 1.82) is 5.26 Å². The highest BCUT2D eigenvalue weighted by molar-refractivity contribution is 5.32. The Balaban J connectivity index is 2.20. The normalized spacial score (nSPS) is 11.1. The van der Waals surface area contributed by atoms with E-state index in [1.807, 2.05) is 6.07 Å². The largest absolute Gasteiger partial charge is 0.313 e. The van der Waals surface area contributed by atoms with Crippen LogP contribution in [0.3, 0.4) is 0 Å². The lowest BCUT2D eigenvalue weighted by Gasteiger charge is -2.20. The van der Waals surface area contributed by atoms with E-state index in [9.17, 15) is 4.39 Å². The summed E-state index contributed by atoms with van der Waals surface area (Å²) in [4.78, 5) is 2.32. The number of hydrogen-bond acceptors (Lipinski definition) is 3. The topological polar surface area (TPSA) is 39.1 Å². The lowest BCUT2D eigenvalue weighted by Crippen LogP contribution is -2.27. The van der Waals surface area contributed by atoms with Crippen molar-refractivity contribution >= 4 is 0 Å². The fourth-order valence-electron chi connectivity index (χ4n) is 1.85. The van der Waals surface area contributed by atoms with Crippen LogP contribution in [0.1, 0.15) is 37.8 Å². The number of halogens is 1. The minimum absolute atomic E-state index is 0.309. The summed E-state index contributed by atoms with van der Waals surface area (Å²) < 4.78 is 13.6. The SMILES string of the molecule is CC(C)N(C)CCCCNCc1ccc(C#N)cc1F. The third-order valence-corrected chi connectivity index (χ3v) is 3.49. The molecule has 1 aromatic rings. The molecule has 0 radical (unpaired) electrons. The van der Waals surface area contributed by atoms with Crippen LogP contribution in [0.15, 0.2) is 18.2 Å². The van der Waals surface area contributed by atoms with Crippen molar-refractivity contribution in [3.05, 3.63) is 35.1 Å². The molecule has 0 saturated carbocycles. The highest BCUT2D eigenvalue weighted by atomic mass is 19.1. The molecule has 20 heavy (non-hydrogen) atoms. The Bertz CT molecular complexity index is 452. The number of hydrogen-bond donors (Lipinski definition) is 1. The zero-order valence-electron chi connectivity index (χ0n) is 12.6. The van der Waals surface area contributed by atoms with E-state index in [1.54, 1.807) is 12.1 Å². The fourth-order valence-corrected chi connectivity index (χ4v) is 1.85. The molecule has 1 rings (SSSR count). The van der Waals surface area contributed by atoms with Gasteiger partial charge in [0, 0.05) is 18.2 Å². The van der Waals surface area contributed by atoms with E-state index in [4.69, 9.17) is 5.26 Å². The van der Waals surface area contributed by atoms with Crippen LogP contribution < -0.4 is 5.32 Å². The monoisotopic (exact) mass is 277 g/mol. The molecule has 0 bridgehead atoms. The lowest BCUT2D eigenvalue weighted by molar-refractivity contribution is 0.268. The second kappa shape index (κ2) is 8.68. The van der Waals surface area contributed by atoms with Gasteiger partial charge in [0.2, 0.25) is 0 Å². The standard InChI is InChI=1S/C16H24FN3/c1-13(2)20(3)9-5-4-8-19-12-15-7-6-14(11-18)10-16(15)17/h6-7,10,13,19H,4-5,8-9,12H2,1-3H3. The van der Waals surface area contributed by atoms with Gasteiger partial charge in [0.1, 0.15) is 5.82 Å². The van der Waals surface area contributed by atoms with Crippen LogP contribution in [-0.4, -0.2) is 31.1 Å². The predicted octanol–water partition coefficient (Wildman–Crippen LogP) is 2.91. The van der Waals surface area contributed by atoms with Crippen molar-refractivity contribution in [2.45, 2.75) is 39.3 Å². The van der Waals surface area contributed by atoms with Crippen LogP contribution in [0.5, 0.6) is 0 Å². The van der Waals surface area contributed by atoms with Gasteiger partial charge in [-0.2, -0.15) is 5.26 Å². The second-order valence-corrected chi connectivity index (χ2v) is 5.38. The van der Waals surface area contributed by atoms with Gasteiger partial charge in [0.05, 0.1) is 11.6 Å². The molecule has 0 spiro atoms. The van der Waals surface area contributed by atoms with E-state index in [2.05, 4.69) is 31.1 Å². The van der Waals surface area contributed by atoms with Gasteiger partial charge in [-0.25, -0.2) is 4.39 Å². The van der Waals surface area contributed by atoms with Crippen molar-refractivity contribution in [2.75, 3.05) is 20.1 Å². The first kappa shape index (κ1) is 16.6. The Morgan fingerprint density at radius 2 is 2.10 bits per heavy atom. The summed E-state index contributed by atoms with van der Waals surface area (Å²) in [6, 6.07) is 7.12. The highest BCUT2D eigenvalue weighted by Crippen LogP contribution is 2.09. The molecule has 1 aromatic carbocycles. The molecule has 0 saturated heterocycles. The van der Waals surface area contributed by atoms with Crippen molar-refractivity contribution < 1.29 is 4.39 Å². The van der Waals surface area contributed by atoms with E-state index in [1.165, 1.54) is 6.07 Å². The molecule has 3 nitrogen and oxygen atoms in total. The number of unbranched alkanes of at least 4 members (excludes halogenated alkanes) is 1.